The second kappa shape index (κ2) is 8.72. The maximum atomic E-state index is 11.1. The van der Waals surface area contributed by atoms with E-state index in [1.807, 2.05) is 74.5 Å². The SMILES string of the molecule is CC(C)CC(O)(c1ccccc1)c1ccccc1.CC(C)N. The van der Waals surface area contributed by atoms with E-state index in [0.717, 1.165) is 17.5 Å². The van der Waals surface area contributed by atoms with Crippen molar-refractivity contribution in [3.63, 3.8) is 0 Å². The van der Waals surface area contributed by atoms with Crippen LogP contribution in [0, 0.1) is 5.92 Å². The highest BCUT2D eigenvalue weighted by Gasteiger charge is 2.31. The molecule has 0 aromatic heterocycles. The number of hydrogen-bond donors (Lipinski definition) is 2. The Labute approximate surface area is 135 Å². The molecule has 0 aliphatic rings. The Bertz CT molecular complexity index is 478. The minimum absolute atomic E-state index is 0.333. The van der Waals surface area contributed by atoms with E-state index >= 15 is 0 Å². The first kappa shape index (κ1) is 18.4. The quantitative estimate of drug-likeness (QED) is 0.883. The summed E-state index contributed by atoms with van der Waals surface area (Å²) >= 11 is 0. The highest BCUT2D eigenvalue weighted by atomic mass is 16.3. The van der Waals surface area contributed by atoms with Gasteiger partial charge in [-0.25, -0.2) is 0 Å². The largest absolute Gasteiger partial charge is 0.380 e. The minimum Gasteiger partial charge on any atom is -0.380 e. The second-order valence-electron chi connectivity index (χ2n) is 6.43. The van der Waals surface area contributed by atoms with Gasteiger partial charge >= 0.3 is 0 Å². The van der Waals surface area contributed by atoms with Gasteiger partial charge in [-0.2, -0.15) is 0 Å². The van der Waals surface area contributed by atoms with Crippen LogP contribution in [0.15, 0.2) is 60.7 Å². The van der Waals surface area contributed by atoms with Crippen molar-refractivity contribution in [3.8, 4) is 0 Å². The van der Waals surface area contributed by atoms with E-state index in [0.29, 0.717) is 12.0 Å². The molecule has 0 bridgehead atoms. The van der Waals surface area contributed by atoms with E-state index in [4.69, 9.17) is 5.73 Å². The van der Waals surface area contributed by atoms with E-state index in [2.05, 4.69) is 13.8 Å². The first-order chi connectivity index (χ1) is 10.4. The van der Waals surface area contributed by atoms with Crippen LogP contribution in [-0.4, -0.2) is 11.1 Å². The van der Waals surface area contributed by atoms with Gasteiger partial charge in [-0.3, -0.25) is 0 Å². The minimum atomic E-state index is -0.892. The lowest BCUT2D eigenvalue weighted by atomic mass is 9.80. The Morgan fingerprint density at radius 2 is 1.14 bits per heavy atom. The average Bonchev–Trinajstić information content (AvgIpc) is 2.48. The van der Waals surface area contributed by atoms with Gasteiger partial charge < -0.3 is 10.8 Å². The van der Waals surface area contributed by atoms with Crippen molar-refractivity contribution in [2.75, 3.05) is 0 Å². The van der Waals surface area contributed by atoms with Crippen molar-refractivity contribution < 1.29 is 5.11 Å². The van der Waals surface area contributed by atoms with Crippen LogP contribution in [0.4, 0.5) is 0 Å². The van der Waals surface area contributed by atoms with E-state index in [-0.39, 0.29) is 0 Å². The molecule has 0 heterocycles. The molecule has 0 atom stereocenters. The van der Waals surface area contributed by atoms with E-state index in [9.17, 15) is 5.11 Å². The summed E-state index contributed by atoms with van der Waals surface area (Å²) in [5.41, 5.74) is 6.14. The van der Waals surface area contributed by atoms with Gasteiger partial charge in [0.05, 0.1) is 0 Å². The van der Waals surface area contributed by atoms with Crippen molar-refractivity contribution in [1.29, 1.82) is 0 Å². The molecule has 2 aromatic rings. The van der Waals surface area contributed by atoms with Gasteiger partial charge in [0.1, 0.15) is 5.60 Å². The fourth-order valence-corrected chi connectivity index (χ4v) is 2.42. The number of benzene rings is 2. The molecule has 22 heavy (non-hydrogen) atoms. The summed E-state index contributed by atoms with van der Waals surface area (Å²) in [7, 11) is 0. The third-order valence-electron chi connectivity index (χ3n) is 3.21. The first-order valence-electron chi connectivity index (χ1n) is 7.95. The second-order valence-corrected chi connectivity index (χ2v) is 6.43. The van der Waals surface area contributed by atoms with E-state index < -0.39 is 5.60 Å². The van der Waals surface area contributed by atoms with Crippen LogP contribution >= 0.6 is 0 Å². The average molecular weight is 299 g/mol. The molecule has 2 rings (SSSR count). The third kappa shape index (κ3) is 5.63. The molecule has 0 fully saturated rings. The van der Waals surface area contributed by atoms with Crippen molar-refractivity contribution in [2.45, 2.75) is 45.8 Å². The summed E-state index contributed by atoms with van der Waals surface area (Å²) in [6, 6.07) is 20.2. The third-order valence-corrected chi connectivity index (χ3v) is 3.21. The monoisotopic (exact) mass is 299 g/mol. The zero-order chi connectivity index (χ0) is 16.6. The topological polar surface area (TPSA) is 46.2 Å². The Kier molecular flexibility index (Phi) is 7.30. The summed E-state index contributed by atoms with van der Waals surface area (Å²) < 4.78 is 0. The van der Waals surface area contributed by atoms with Gasteiger partial charge in [-0.05, 0) is 29.5 Å². The van der Waals surface area contributed by atoms with Gasteiger partial charge in [0.2, 0.25) is 0 Å². The first-order valence-corrected chi connectivity index (χ1v) is 7.95. The Morgan fingerprint density at radius 1 is 0.818 bits per heavy atom. The molecule has 0 amide bonds. The Hall–Kier alpha value is -1.64. The lowest BCUT2D eigenvalue weighted by molar-refractivity contribution is 0.0574. The van der Waals surface area contributed by atoms with Gasteiger partial charge in [-0.15, -0.1) is 0 Å². The zero-order valence-electron chi connectivity index (χ0n) is 14.2. The zero-order valence-corrected chi connectivity index (χ0v) is 14.2. The summed E-state index contributed by atoms with van der Waals surface area (Å²) in [6.45, 7) is 8.16. The molecule has 0 aliphatic carbocycles. The molecule has 2 aromatic carbocycles. The van der Waals surface area contributed by atoms with Crippen LogP contribution in [0.2, 0.25) is 0 Å². The van der Waals surface area contributed by atoms with Crippen LogP contribution < -0.4 is 5.73 Å². The molecule has 0 radical (unpaired) electrons. The summed E-state index contributed by atoms with van der Waals surface area (Å²) in [4.78, 5) is 0. The Morgan fingerprint density at radius 3 is 1.41 bits per heavy atom. The number of rotatable bonds is 4. The van der Waals surface area contributed by atoms with Crippen LogP contribution in [-0.2, 0) is 5.60 Å². The molecule has 0 aliphatic heterocycles. The van der Waals surface area contributed by atoms with Crippen molar-refractivity contribution in [2.24, 2.45) is 11.7 Å². The molecule has 3 N–H and O–H groups in total. The number of aliphatic hydroxyl groups is 1. The summed E-state index contributed by atoms with van der Waals surface area (Å²) in [6.07, 6.45) is 0.723. The molecule has 2 heteroatoms. The highest BCUT2D eigenvalue weighted by molar-refractivity contribution is 5.35. The van der Waals surface area contributed by atoms with E-state index in [1.165, 1.54) is 0 Å². The van der Waals surface area contributed by atoms with Gasteiger partial charge in [-0.1, -0.05) is 88.4 Å². The lowest BCUT2D eigenvalue weighted by Crippen LogP contribution is -2.29. The molecule has 120 valence electrons. The molecule has 2 nitrogen and oxygen atoms in total. The highest BCUT2D eigenvalue weighted by Crippen LogP contribution is 2.35. The fraction of sp³-hybridized carbons (Fsp3) is 0.400. The molecule has 0 saturated heterocycles. The van der Waals surface area contributed by atoms with Crippen molar-refractivity contribution >= 4 is 0 Å². The standard InChI is InChI=1S/C17H20O.C3H9N/c1-14(2)13-17(18,15-9-5-3-6-10-15)16-11-7-4-8-12-16;1-3(2)4/h3-12,14,18H,13H2,1-2H3;3H,4H2,1-2H3. The smallest absolute Gasteiger partial charge is 0.115 e. The van der Waals surface area contributed by atoms with Crippen LogP contribution in [0.5, 0.6) is 0 Å². The van der Waals surface area contributed by atoms with Crippen LogP contribution in [0.3, 0.4) is 0 Å². The van der Waals surface area contributed by atoms with Crippen LogP contribution in [0.1, 0.15) is 45.2 Å². The molecule has 0 saturated carbocycles. The molecule has 0 unspecified atom stereocenters. The summed E-state index contributed by atoms with van der Waals surface area (Å²) in [5, 5.41) is 11.1. The normalized spacial score (nSPS) is 11.3. The summed E-state index contributed by atoms with van der Waals surface area (Å²) in [5.74, 6) is 0.426. The van der Waals surface area contributed by atoms with Gasteiger partial charge in [0.25, 0.3) is 0 Å². The lowest BCUT2D eigenvalue weighted by Gasteiger charge is -2.31. The predicted molar refractivity (Wildman–Crippen MR) is 94.7 cm³/mol. The van der Waals surface area contributed by atoms with E-state index in [1.54, 1.807) is 0 Å². The molecular weight excluding hydrogens is 270 g/mol. The molecular formula is C20H29NO. The van der Waals surface area contributed by atoms with Crippen molar-refractivity contribution in [3.05, 3.63) is 71.8 Å². The van der Waals surface area contributed by atoms with Gasteiger partial charge in [0.15, 0.2) is 0 Å². The predicted octanol–water partition coefficient (Wildman–Crippen LogP) is 4.32. The maximum absolute atomic E-state index is 11.1. The van der Waals surface area contributed by atoms with Gasteiger partial charge in [0, 0.05) is 0 Å². The Balaban J connectivity index is 0.000000541. The number of nitrogens with two attached hydrogens (primary N) is 1. The molecule has 0 spiro atoms. The number of hydrogen-bond acceptors (Lipinski definition) is 2. The fourth-order valence-electron chi connectivity index (χ4n) is 2.42. The van der Waals surface area contributed by atoms with Crippen LogP contribution in [0.25, 0.3) is 0 Å². The van der Waals surface area contributed by atoms with Crippen molar-refractivity contribution in [1.82, 2.24) is 0 Å². The maximum Gasteiger partial charge on any atom is 0.115 e.